The van der Waals surface area contributed by atoms with Gasteiger partial charge in [-0.25, -0.2) is 0 Å². The van der Waals surface area contributed by atoms with Crippen LogP contribution in [0.15, 0.2) is 146 Å². The Morgan fingerprint density at radius 1 is 0.453 bits per heavy atom. The molecule has 2 aliphatic heterocycles. The molecule has 0 unspecified atom stereocenters. The fourth-order valence-corrected chi connectivity index (χ4v) is 10.2. The summed E-state index contributed by atoms with van der Waals surface area (Å²) in [6.45, 7) is 2.11. The third kappa shape index (κ3) is 4.85. The van der Waals surface area contributed by atoms with Gasteiger partial charge in [0.2, 0.25) is 0 Å². The summed E-state index contributed by atoms with van der Waals surface area (Å²) in [6, 6.07) is 55.2. The van der Waals surface area contributed by atoms with Gasteiger partial charge in [0.15, 0.2) is 0 Å². The molecule has 7 aromatic carbocycles. The number of nitrogens with zero attached hydrogens (tertiary/aromatic N) is 2. The first-order valence-corrected chi connectivity index (χ1v) is 19.5. The topological polar surface area (TPSA) is 6.48 Å². The highest BCUT2D eigenvalue weighted by atomic mass is 15.1. The fourth-order valence-electron chi connectivity index (χ4n) is 10.2. The number of para-hydroxylation sites is 2. The van der Waals surface area contributed by atoms with Gasteiger partial charge in [-0.2, -0.15) is 0 Å². The average Bonchev–Trinajstić information content (AvgIpc) is 3.74. The highest BCUT2D eigenvalue weighted by Gasteiger charge is 2.47. The highest BCUT2D eigenvalue weighted by molar-refractivity contribution is 6.02. The number of aryl methyl sites for hydroxylation is 2. The summed E-state index contributed by atoms with van der Waals surface area (Å²) in [5, 5.41) is 2.61. The van der Waals surface area contributed by atoms with Crippen molar-refractivity contribution in [3.8, 4) is 11.1 Å². The first kappa shape index (κ1) is 30.7. The predicted molar refractivity (Wildman–Crippen MR) is 223 cm³/mol. The number of benzene rings is 7. The standard InChI is InChI=1S/C51H42N2/c1-2-14-40-34-51(33-39(40)13-1)46-31-35(22-26-43(46)44-27-25-41(32-47(44)51)52-29-9-15-37-11-3-7-19-48(37)52)21-23-36-24-28-50(45-18-6-5-17-42(36)45)53-30-10-16-38-12-4-8-20-49(38)53/h1-8,11-14,17-28,31-32H,9-10,15-16,29-30,33-34H2/b23-21+. The molecule has 0 saturated heterocycles. The molecule has 0 amide bonds. The van der Waals surface area contributed by atoms with E-state index in [4.69, 9.17) is 0 Å². The van der Waals surface area contributed by atoms with E-state index in [9.17, 15) is 0 Å². The third-order valence-corrected chi connectivity index (χ3v) is 12.7. The minimum atomic E-state index is -0.0669. The lowest BCUT2D eigenvalue weighted by atomic mass is 9.75. The van der Waals surface area contributed by atoms with E-state index in [0.29, 0.717) is 0 Å². The molecule has 2 nitrogen and oxygen atoms in total. The van der Waals surface area contributed by atoms with Crippen LogP contribution in [-0.4, -0.2) is 13.1 Å². The smallest absolute Gasteiger partial charge is 0.0490 e. The van der Waals surface area contributed by atoms with Gasteiger partial charge in [0.1, 0.15) is 0 Å². The van der Waals surface area contributed by atoms with Gasteiger partial charge in [0.05, 0.1) is 0 Å². The van der Waals surface area contributed by atoms with E-state index in [2.05, 4.69) is 168 Å². The van der Waals surface area contributed by atoms with Gasteiger partial charge in [-0.1, -0.05) is 127 Å². The number of hydrogen-bond acceptors (Lipinski definition) is 2. The zero-order valence-corrected chi connectivity index (χ0v) is 30.1. The molecule has 2 heterocycles. The molecule has 11 rings (SSSR count). The molecule has 7 aromatic rings. The van der Waals surface area contributed by atoms with Crippen LogP contribution in [0.2, 0.25) is 0 Å². The number of fused-ring (bicyclic) bond motifs is 9. The predicted octanol–water partition coefficient (Wildman–Crippen LogP) is 12.2. The molecule has 0 radical (unpaired) electrons. The first-order valence-electron chi connectivity index (χ1n) is 19.5. The van der Waals surface area contributed by atoms with Crippen LogP contribution >= 0.6 is 0 Å². The van der Waals surface area contributed by atoms with Gasteiger partial charge in [-0.05, 0) is 130 Å². The Morgan fingerprint density at radius 3 is 1.77 bits per heavy atom. The molecule has 2 aliphatic carbocycles. The summed E-state index contributed by atoms with van der Waals surface area (Å²) >= 11 is 0. The molecule has 0 bridgehead atoms. The van der Waals surface area contributed by atoms with E-state index in [1.807, 2.05) is 0 Å². The summed E-state index contributed by atoms with van der Waals surface area (Å²) in [4.78, 5) is 5.09. The molecule has 256 valence electrons. The lowest BCUT2D eigenvalue weighted by molar-refractivity contribution is 0.563. The summed E-state index contributed by atoms with van der Waals surface area (Å²) in [7, 11) is 0. The molecule has 4 aliphatic rings. The van der Waals surface area contributed by atoms with Crippen molar-refractivity contribution >= 4 is 45.7 Å². The van der Waals surface area contributed by atoms with Crippen molar-refractivity contribution in [1.29, 1.82) is 0 Å². The molecule has 0 saturated carbocycles. The van der Waals surface area contributed by atoms with Crippen LogP contribution in [0, 0.1) is 0 Å². The maximum absolute atomic E-state index is 2.56. The van der Waals surface area contributed by atoms with Crippen LogP contribution in [0.1, 0.15) is 57.3 Å². The average molecular weight is 683 g/mol. The summed E-state index contributed by atoms with van der Waals surface area (Å²) < 4.78 is 0. The van der Waals surface area contributed by atoms with Gasteiger partial charge >= 0.3 is 0 Å². The first-order chi connectivity index (χ1) is 26.2. The monoisotopic (exact) mass is 682 g/mol. The summed E-state index contributed by atoms with van der Waals surface area (Å²) in [5.41, 5.74) is 19.4. The number of anilines is 4. The van der Waals surface area contributed by atoms with Crippen molar-refractivity contribution in [2.75, 3.05) is 22.9 Å². The van der Waals surface area contributed by atoms with E-state index in [0.717, 1.165) is 38.8 Å². The van der Waals surface area contributed by atoms with E-state index in [-0.39, 0.29) is 5.41 Å². The number of hydrogen-bond donors (Lipinski definition) is 0. The van der Waals surface area contributed by atoms with Gasteiger partial charge in [0.25, 0.3) is 0 Å². The summed E-state index contributed by atoms with van der Waals surface area (Å²) in [6.07, 6.45) is 11.4. The van der Waals surface area contributed by atoms with Gasteiger partial charge < -0.3 is 9.80 Å². The van der Waals surface area contributed by atoms with Crippen LogP contribution in [0.5, 0.6) is 0 Å². The molecule has 0 atom stereocenters. The fraction of sp³-hybridized carbons (Fsp3) is 0.176. The van der Waals surface area contributed by atoms with Crippen molar-refractivity contribution < 1.29 is 0 Å². The second-order valence-corrected chi connectivity index (χ2v) is 15.6. The zero-order chi connectivity index (χ0) is 34.9. The quantitative estimate of drug-likeness (QED) is 0.171. The normalized spacial score (nSPS) is 16.5. The van der Waals surface area contributed by atoms with E-state index in [1.165, 1.54) is 102 Å². The van der Waals surface area contributed by atoms with Crippen molar-refractivity contribution in [3.63, 3.8) is 0 Å². The molecule has 53 heavy (non-hydrogen) atoms. The van der Waals surface area contributed by atoms with Gasteiger partial charge in [-0.3, -0.25) is 0 Å². The lowest BCUT2D eigenvalue weighted by Gasteiger charge is -2.33. The molecule has 0 fully saturated rings. The van der Waals surface area contributed by atoms with E-state index >= 15 is 0 Å². The molecule has 1 spiro atoms. The van der Waals surface area contributed by atoms with Gasteiger partial charge in [-0.15, -0.1) is 0 Å². The van der Waals surface area contributed by atoms with E-state index in [1.54, 1.807) is 0 Å². The molecular weight excluding hydrogens is 641 g/mol. The molecule has 2 heteroatoms. The van der Waals surface area contributed by atoms with Crippen LogP contribution in [0.4, 0.5) is 22.7 Å². The largest absolute Gasteiger partial charge is 0.341 e. The maximum atomic E-state index is 2.56. The Morgan fingerprint density at radius 2 is 1.04 bits per heavy atom. The highest BCUT2D eigenvalue weighted by Crippen LogP contribution is 2.56. The van der Waals surface area contributed by atoms with Crippen LogP contribution in [0.25, 0.3) is 34.1 Å². The Balaban J connectivity index is 0.984. The van der Waals surface area contributed by atoms with Crippen molar-refractivity contribution in [2.45, 2.75) is 43.9 Å². The van der Waals surface area contributed by atoms with Crippen molar-refractivity contribution in [3.05, 3.63) is 190 Å². The lowest BCUT2D eigenvalue weighted by Crippen LogP contribution is -2.27. The third-order valence-electron chi connectivity index (χ3n) is 12.7. The minimum Gasteiger partial charge on any atom is -0.341 e. The Hall–Kier alpha value is -5.86. The van der Waals surface area contributed by atoms with E-state index < -0.39 is 0 Å². The molecule has 0 N–H and O–H groups in total. The van der Waals surface area contributed by atoms with Crippen LogP contribution < -0.4 is 9.80 Å². The van der Waals surface area contributed by atoms with Crippen LogP contribution in [-0.2, 0) is 31.1 Å². The van der Waals surface area contributed by atoms with Crippen molar-refractivity contribution in [1.82, 2.24) is 0 Å². The Bertz CT molecular complexity index is 2580. The Labute approximate surface area is 312 Å². The summed E-state index contributed by atoms with van der Waals surface area (Å²) in [5.74, 6) is 0. The van der Waals surface area contributed by atoms with Crippen molar-refractivity contribution in [2.24, 2.45) is 0 Å². The SMILES string of the molecule is C(=C\c1ccc(N2CCCc3ccccc32)c2ccccc12)/c1ccc2c(c1)C1(Cc3ccccc3C1)c1cc(N3CCCc4ccccc43)ccc1-2. The molecular formula is C51H42N2. The van der Waals surface area contributed by atoms with Crippen LogP contribution in [0.3, 0.4) is 0 Å². The second kappa shape index (κ2) is 12.1. The minimum absolute atomic E-state index is 0.0669. The van der Waals surface area contributed by atoms with Gasteiger partial charge in [0, 0.05) is 46.6 Å². The zero-order valence-electron chi connectivity index (χ0n) is 30.1. The number of rotatable bonds is 4. The maximum Gasteiger partial charge on any atom is 0.0490 e. The second-order valence-electron chi connectivity index (χ2n) is 15.6. The molecule has 0 aromatic heterocycles. The Kier molecular flexibility index (Phi) is 7.02.